The second kappa shape index (κ2) is 5.44. The molecule has 3 rings (SSSR count). The van der Waals surface area contributed by atoms with Gasteiger partial charge in [0.15, 0.2) is 0 Å². The molecule has 0 N–H and O–H groups in total. The molecule has 2 heterocycles. The Labute approximate surface area is 126 Å². The van der Waals surface area contributed by atoms with Crippen LogP contribution < -0.4 is 10.3 Å². The minimum Gasteiger partial charge on any atom is -0.415 e. The van der Waals surface area contributed by atoms with Crippen molar-refractivity contribution >= 4 is 11.6 Å². The first-order valence-electron chi connectivity index (χ1n) is 6.84. The molecule has 5 nitrogen and oxygen atoms in total. The molecule has 0 aliphatic carbocycles. The molecule has 110 valence electrons. The molecular weight excluding hydrogens is 280 g/mol. The lowest BCUT2D eigenvalue weighted by Crippen LogP contribution is -2.23. The maximum Gasteiger partial charge on any atom is 0.343 e. The van der Waals surface area contributed by atoms with Crippen molar-refractivity contribution in [2.45, 2.75) is 13.8 Å². The summed E-state index contributed by atoms with van der Waals surface area (Å²) in [7, 11) is 0. The van der Waals surface area contributed by atoms with Crippen molar-refractivity contribution in [3.8, 4) is 5.75 Å². The van der Waals surface area contributed by atoms with Crippen molar-refractivity contribution < 1.29 is 9.53 Å². The highest BCUT2D eigenvalue weighted by atomic mass is 16.5. The molecule has 0 amide bonds. The van der Waals surface area contributed by atoms with Crippen LogP contribution >= 0.6 is 0 Å². The molecule has 0 aliphatic rings. The normalized spacial score (nSPS) is 10.6. The number of pyridine rings is 1. The van der Waals surface area contributed by atoms with E-state index in [2.05, 4.69) is 4.98 Å². The number of aromatic nitrogens is 2. The zero-order valence-electron chi connectivity index (χ0n) is 12.2. The summed E-state index contributed by atoms with van der Waals surface area (Å²) in [6.07, 6.45) is 0. The van der Waals surface area contributed by atoms with E-state index in [0.717, 1.165) is 5.69 Å². The van der Waals surface area contributed by atoms with Crippen LogP contribution in [0.3, 0.4) is 0 Å². The van der Waals surface area contributed by atoms with Crippen molar-refractivity contribution in [3.05, 3.63) is 75.8 Å². The van der Waals surface area contributed by atoms with Crippen LogP contribution in [-0.2, 0) is 0 Å². The van der Waals surface area contributed by atoms with Gasteiger partial charge in [0, 0.05) is 5.69 Å². The zero-order chi connectivity index (χ0) is 15.7. The van der Waals surface area contributed by atoms with Crippen LogP contribution in [0.1, 0.15) is 21.7 Å². The average Bonchev–Trinajstić information content (AvgIpc) is 2.52. The Morgan fingerprint density at radius 1 is 1.05 bits per heavy atom. The topological polar surface area (TPSA) is 60.7 Å². The van der Waals surface area contributed by atoms with Crippen LogP contribution in [0.25, 0.3) is 5.65 Å². The first kappa shape index (κ1) is 14.0. The van der Waals surface area contributed by atoms with Crippen LogP contribution in [0.4, 0.5) is 0 Å². The van der Waals surface area contributed by atoms with Gasteiger partial charge in [-0.2, -0.15) is 0 Å². The van der Waals surface area contributed by atoms with Gasteiger partial charge in [0.1, 0.15) is 5.65 Å². The van der Waals surface area contributed by atoms with E-state index in [9.17, 15) is 9.59 Å². The van der Waals surface area contributed by atoms with Gasteiger partial charge in [-0.1, -0.05) is 24.3 Å². The van der Waals surface area contributed by atoms with E-state index in [0.29, 0.717) is 16.9 Å². The monoisotopic (exact) mass is 294 g/mol. The largest absolute Gasteiger partial charge is 0.415 e. The number of aryl methyl sites for hydroxylation is 2. The van der Waals surface area contributed by atoms with Crippen molar-refractivity contribution in [3.63, 3.8) is 0 Å². The van der Waals surface area contributed by atoms with Gasteiger partial charge in [-0.25, -0.2) is 9.78 Å². The standard InChI is InChI=1S/C17H14N2O3/c1-11-7-6-10-14-18-12(2)15(16(20)19(11)14)22-17(21)13-8-4-3-5-9-13/h3-10H,1-2H3. The van der Waals surface area contributed by atoms with Gasteiger partial charge in [0.2, 0.25) is 5.75 Å². The summed E-state index contributed by atoms with van der Waals surface area (Å²) in [4.78, 5) is 29.1. The molecule has 0 spiro atoms. The number of carbonyl (C=O) groups is 1. The molecule has 0 bridgehead atoms. The van der Waals surface area contributed by atoms with E-state index in [-0.39, 0.29) is 11.3 Å². The van der Waals surface area contributed by atoms with Gasteiger partial charge in [-0.15, -0.1) is 0 Å². The molecule has 0 radical (unpaired) electrons. The van der Waals surface area contributed by atoms with E-state index in [1.807, 2.05) is 6.07 Å². The smallest absolute Gasteiger partial charge is 0.343 e. The summed E-state index contributed by atoms with van der Waals surface area (Å²) in [5, 5.41) is 0. The lowest BCUT2D eigenvalue weighted by atomic mass is 10.2. The number of fused-ring (bicyclic) bond motifs is 1. The molecule has 22 heavy (non-hydrogen) atoms. The van der Waals surface area contributed by atoms with Crippen LogP contribution in [0.5, 0.6) is 5.75 Å². The number of hydrogen-bond donors (Lipinski definition) is 0. The van der Waals surface area contributed by atoms with Gasteiger partial charge in [-0.05, 0) is 38.1 Å². The van der Waals surface area contributed by atoms with Crippen LogP contribution in [0.15, 0.2) is 53.3 Å². The van der Waals surface area contributed by atoms with Gasteiger partial charge in [-0.3, -0.25) is 9.20 Å². The maximum absolute atomic E-state index is 12.6. The summed E-state index contributed by atoms with van der Waals surface area (Å²) < 4.78 is 6.72. The zero-order valence-corrected chi connectivity index (χ0v) is 12.2. The van der Waals surface area contributed by atoms with Crippen LogP contribution in [0, 0.1) is 13.8 Å². The Morgan fingerprint density at radius 3 is 2.50 bits per heavy atom. The molecule has 0 aliphatic heterocycles. The molecule has 0 saturated carbocycles. The number of ether oxygens (including phenoxy) is 1. The molecule has 0 fully saturated rings. The lowest BCUT2D eigenvalue weighted by molar-refractivity contribution is 0.0730. The molecule has 5 heteroatoms. The number of hydrogen-bond acceptors (Lipinski definition) is 4. The average molecular weight is 294 g/mol. The van der Waals surface area contributed by atoms with Crippen molar-refractivity contribution in [1.29, 1.82) is 0 Å². The van der Waals surface area contributed by atoms with Gasteiger partial charge >= 0.3 is 11.5 Å². The fraction of sp³-hybridized carbons (Fsp3) is 0.118. The fourth-order valence-electron chi connectivity index (χ4n) is 2.28. The lowest BCUT2D eigenvalue weighted by Gasteiger charge is -2.10. The highest BCUT2D eigenvalue weighted by Gasteiger charge is 2.16. The number of benzene rings is 1. The number of rotatable bonds is 2. The van der Waals surface area contributed by atoms with Gasteiger partial charge in [0.05, 0.1) is 11.3 Å². The SMILES string of the molecule is Cc1nc2cccc(C)n2c(=O)c1OC(=O)c1ccccc1. The third-order valence-corrected chi connectivity index (χ3v) is 3.38. The first-order chi connectivity index (χ1) is 10.6. The van der Waals surface area contributed by atoms with E-state index >= 15 is 0 Å². The van der Waals surface area contributed by atoms with E-state index < -0.39 is 5.97 Å². The summed E-state index contributed by atoms with van der Waals surface area (Å²) in [6.45, 7) is 3.45. The number of nitrogens with zero attached hydrogens (tertiary/aromatic N) is 2. The summed E-state index contributed by atoms with van der Waals surface area (Å²) in [5.41, 5.74) is 1.65. The highest BCUT2D eigenvalue weighted by Crippen LogP contribution is 2.14. The Hall–Kier alpha value is -2.95. The van der Waals surface area contributed by atoms with Crippen molar-refractivity contribution in [1.82, 2.24) is 9.38 Å². The Morgan fingerprint density at radius 2 is 1.77 bits per heavy atom. The summed E-state index contributed by atoms with van der Waals surface area (Å²) in [6, 6.07) is 13.9. The minimum atomic E-state index is -0.573. The van der Waals surface area contributed by atoms with Crippen LogP contribution in [0.2, 0.25) is 0 Å². The molecule has 0 atom stereocenters. The quantitative estimate of drug-likeness (QED) is 0.681. The second-order valence-corrected chi connectivity index (χ2v) is 4.95. The maximum atomic E-state index is 12.6. The summed E-state index contributed by atoms with van der Waals surface area (Å²) in [5.74, 6) is -0.614. The highest BCUT2D eigenvalue weighted by molar-refractivity contribution is 5.91. The molecule has 0 saturated heterocycles. The predicted octanol–water partition coefficient (Wildman–Crippen LogP) is 2.53. The van der Waals surface area contributed by atoms with E-state index in [4.69, 9.17) is 4.74 Å². The van der Waals surface area contributed by atoms with Gasteiger partial charge in [0.25, 0.3) is 0 Å². The molecule has 3 aromatic rings. The van der Waals surface area contributed by atoms with Crippen molar-refractivity contribution in [2.24, 2.45) is 0 Å². The molecular formula is C17H14N2O3. The second-order valence-electron chi connectivity index (χ2n) is 4.95. The first-order valence-corrected chi connectivity index (χ1v) is 6.84. The Balaban J connectivity index is 2.10. The number of esters is 1. The number of carbonyl (C=O) groups excluding carboxylic acids is 1. The van der Waals surface area contributed by atoms with Gasteiger partial charge < -0.3 is 4.74 Å². The van der Waals surface area contributed by atoms with E-state index in [1.165, 1.54) is 4.40 Å². The summed E-state index contributed by atoms with van der Waals surface area (Å²) >= 11 is 0. The Kier molecular flexibility index (Phi) is 3.47. The Bertz CT molecular complexity index is 914. The molecule has 0 unspecified atom stereocenters. The predicted molar refractivity (Wildman–Crippen MR) is 82.3 cm³/mol. The molecule has 2 aromatic heterocycles. The minimum absolute atomic E-state index is 0.0411. The fourth-order valence-corrected chi connectivity index (χ4v) is 2.28. The third-order valence-electron chi connectivity index (χ3n) is 3.38. The third kappa shape index (κ3) is 2.37. The van der Waals surface area contributed by atoms with Crippen molar-refractivity contribution in [2.75, 3.05) is 0 Å². The van der Waals surface area contributed by atoms with Crippen LogP contribution in [-0.4, -0.2) is 15.4 Å². The molecule has 1 aromatic carbocycles. The van der Waals surface area contributed by atoms with E-state index in [1.54, 1.807) is 56.3 Å².